The van der Waals surface area contributed by atoms with E-state index < -0.39 is 12.1 Å². The van der Waals surface area contributed by atoms with Gasteiger partial charge in [0, 0.05) is 6.07 Å². The Bertz CT molecular complexity index is 1050. The molecule has 1 N–H and O–H groups in total. The first-order chi connectivity index (χ1) is 13.4. The predicted molar refractivity (Wildman–Crippen MR) is 103 cm³/mol. The Kier molecular flexibility index (Phi) is 5.54. The van der Waals surface area contributed by atoms with Gasteiger partial charge in [-0.15, -0.1) is 0 Å². The van der Waals surface area contributed by atoms with E-state index in [9.17, 15) is 9.59 Å². The van der Waals surface area contributed by atoms with Gasteiger partial charge in [0.25, 0.3) is 0 Å². The van der Waals surface area contributed by atoms with E-state index in [4.69, 9.17) is 23.7 Å². The molecule has 0 saturated heterocycles. The van der Waals surface area contributed by atoms with Gasteiger partial charge in [-0.05, 0) is 57.2 Å². The molecule has 0 fully saturated rings. The van der Waals surface area contributed by atoms with Crippen LogP contribution >= 0.6 is 0 Å². The number of carboxylic acid groups (broad SMARTS) is 1. The number of carbonyl (C=O) groups is 1. The van der Waals surface area contributed by atoms with E-state index in [1.54, 1.807) is 31.2 Å². The van der Waals surface area contributed by atoms with Crippen LogP contribution in [0.5, 0.6) is 23.0 Å². The Hall–Kier alpha value is -3.48. The summed E-state index contributed by atoms with van der Waals surface area (Å²) in [4.78, 5) is 23.7. The van der Waals surface area contributed by atoms with E-state index in [0.29, 0.717) is 35.0 Å². The summed E-state index contributed by atoms with van der Waals surface area (Å²) in [6, 6.07) is 11.5. The van der Waals surface area contributed by atoms with Gasteiger partial charge in [-0.2, -0.15) is 0 Å². The molecule has 0 unspecified atom stereocenters. The van der Waals surface area contributed by atoms with Gasteiger partial charge in [-0.1, -0.05) is 0 Å². The van der Waals surface area contributed by atoms with Crippen LogP contribution in [-0.4, -0.2) is 23.8 Å². The van der Waals surface area contributed by atoms with Crippen molar-refractivity contribution >= 4 is 16.9 Å². The number of fused-ring (bicyclic) bond motifs is 1. The lowest BCUT2D eigenvalue weighted by atomic mass is 10.2. The topological polar surface area (TPSA) is 95.2 Å². The molecule has 0 aliphatic heterocycles. The second-order valence-electron chi connectivity index (χ2n) is 6.08. The molecule has 0 aliphatic carbocycles. The number of aryl methyl sites for hydroxylation is 1. The first-order valence-electron chi connectivity index (χ1n) is 8.76. The molecule has 0 spiro atoms. The molecule has 2 aromatic carbocycles. The maximum Gasteiger partial charge on any atom is 0.344 e. The van der Waals surface area contributed by atoms with Crippen molar-refractivity contribution < 1.29 is 28.5 Å². The Balaban J connectivity index is 1.92. The highest BCUT2D eigenvalue weighted by Crippen LogP contribution is 2.28. The molecular weight excluding hydrogens is 364 g/mol. The monoisotopic (exact) mass is 384 g/mol. The van der Waals surface area contributed by atoms with Crippen LogP contribution in [0.3, 0.4) is 0 Å². The van der Waals surface area contributed by atoms with E-state index in [2.05, 4.69) is 0 Å². The third-order valence-electron chi connectivity index (χ3n) is 4.00. The first-order valence-corrected chi connectivity index (χ1v) is 8.76. The van der Waals surface area contributed by atoms with Crippen molar-refractivity contribution in [3.05, 3.63) is 58.4 Å². The molecule has 0 bridgehead atoms. The van der Waals surface area contributed by atoms with Crippen LogP contribution in [0.25, 0.3) is 11.0 Å². The molecule has 146 valence electrons. The molecular formula is C21H20O7. The highest BCUT2D eigenvalue weighted by Gasteiger charge is 2.17. The molecule has 3 aromatic rings. The van der Waals surface area contributed by atoms with Gasteiger partial charge in [0.2, 0.25) is 11.2 Å². The molecule has 1 heterocycles. The largest absolute Gasteiger partial charge is 0.494 e. The average molecular weight is 384 g/mol. The Labute approximate surface area is 161 Å². The van der Waals surface area contributed by atoms with Gasteiger partial charge in [-0.25, -0.2) is 4.79 Å². The van der Waals surface area contributed by atoms with Gasteiger partial charge in [-0.3, -0.25) is 4.79 Å². The van der Waals surface area contributed by atoms with Gasteiger partial charge in [0.05, 0.1) is 12.0 Å². The van der Waals surface area contributed by atoms with Crippen molar-refractivity contribution in [2.24, 2.45) is 0 Å². The molecule has 7 nitrogen and oxygen atoms in total. The lowest BCUT2D eigenvalue weighted by Crippen LogP contribution is -2.22. The minimum absolute atomic E-state index is 0.0873. The summed E-state index contributed by atoms with van der Waals surface area (Å²) >= 11 is 0. The number of hydrogen-bond acceptors (Lipinski definition) is 6. The Morgan fingerprint density at radius 3 is 2.39 bits per heavy atom. The van der Waals surface area contributed by atoms with Crippen molar-refractivity contribution in [3.63, 3.8) is 0 Å². The van der Waals surface area contributed by atoms with Gasteiger partial charge in [0.1, 0.15) is 28.6 Å². The van der Waals surface area contributed by atoms with Crippen molar-refractivity contribution in [2.45, 2.75) is 26.9 Å². The summed E-state index contributed by atoms with van der Waals surface area (Å²) in [7, 11) is 0. The summed E-state index contributed by atoms with van der Waals surface area (Å²) in [6.45, 7) is 5.50. The Morgan fingerprint density at radius 2 is 1.75 bits per heavy atom. The van der Waals surface area contributed by atoms with Gasteiger partial charge in [0.15, 0.2) is 6.10 Å². The minimum atomic E-state index is -1.09. The number of carboxylic acids is 1. The summed E-state index contributed by atoms with van der Waals surface area (Å²) in [5, 5.41) is 9.25. The zero-order chi connectivity index (χ0) is 20.3. The molecule has 1 atom stereocenters. The third kappa shape index (κ3) is 4.09. The van der Waals surface area contributed by atoms with Crippen molar-refractivity contribution in [1.82, 2.24) is 0 Å². The molecule has 0 saturated carbocycles. The van der Waals surface area contributed by atoms with E-state index in [1.165, 1.54) is 25.1 Å². The molecule has 28 heavy (non-hydrogen) atoms. The van der Waals surface area contributed by atoms with E-state index in [1.807, 2.05) is 6.92 Å². The van der Waals surface area contributed by atoms with Gasteiger partial charge >= 0.3 is 5.97 Å². The van der Waals surface area contributed by atoms with Crippen molar-refractivity contribution in [1.29, 1.82) is 0 Å². The highest BCUT2D eigenvalue weighted by atomic mass is 16.5. The lowest BCUT2D eigenvalue weighted by molar-refractivity contribution is -0.144. The van der Waals surface area contributed by atoms with E-state index in [0.717, 1.165) is 0 Å². The van der Waals surface area contributed by atoms with Crippen molar-refractivity contribution in [3.8, 4) is 23.0 Å². The number of rotatable bonds is 7. The molecule has 1 aromatic heterocycles. The highest BCUT2D eigenvalue weighted by molar-refractivity contribution is 5.80. The summed E-state index contributed by atoms with van der Waals surface area (Å²) < 4.78 is 22.2. The normalized spacial score (nSPS) is 11.8. The molecule has 0 aliphatic rings. The van der Waals surface area contributed by atoms with Crippen LogP contribution in [0, 0.1) is 6.92 Å². The standard InChI is InChI=1S/C21H20O7/c1-4-25-14-5-7-15(8-6-14)28-20-12(2)27-18-11-16(26-13(3)21(23)24)9-10-17(18)19(20)22/h5-11,13H,4H2,1-3H3,(H,23,24)/t13-/m0/s1. The van der Waals surface area contributed by atoms with Crippen LogP contribution in [0.4, 0.5) is 0 Å². The first kappa shape index (κ1) is 19.3. The van der Waals surface area contributed by atoms with E-state index >= 15 is 0 Å². The average Bonchev–Trinajstić information content (AvgIpc) is 2.66. The van der Waals surface area contributed by atoms with E-state index in [-0.39, 0.29) is 16.8 Å². The van der Waals surface area contributed by atoms with Crippen LogP contribution in [0.15, 0.2) is 51.7 Å². The maximum atomic E-state index is 12.8. The number of benzene rings is 2. The molecule has 3 rings (SSSR count). The number of aliphatic carboxylic acids is 1. The van der Waals surface area contributed by atoms with Crippen LogP contribution in [-0.2, 0) is 4.79 Å². The van der Waals surface area contributed by atoms with Gasteiger partial charge < -0.3 is 23.7 Å². The quantitative estimate of drug-likeness (QED) is 0.654. The SMILES string of the molecule is CCOc1ccc(Oc2c(C)oc3cc(O[C@@H](C)C(=O)O)ccc3c2=O)cc1. The smallest absolute Gasteiger partial charge is 0.344 e. The fourth-order valence-corrected chi connectivity index (χ4v) is 2.60. The van der Waals surface area contributed by atoms with Crippen LogP contribution in [0.1, 0.15) is 19.6 Å². The minimum Gasteiger partial charge on any atom is -0.494 e. The molecule has 7 heteroatoms. The second-order valence-corrected chi connectivity index (χ2v) is 6.08. The summed E-state index contributed by atoms with van der Waals surface area (Å²) in [5.74, 6) is 0.787. The number of ether oxygens (including phenoxy) is 3. The zero-order valence-corrected chi connectivity index (χ0v) is 15.7. The van der Waals surface area contributed by atoms with Crippen LogP contribution < -0.4 is 19.6 Å². The fraction of sp³-hybridized carbons (Fsp3) is 0.238. The molecule has 0 radical (unpaired) electrons. The van der Waals surface area contributed by atoms with Crippen molar-refractivity contribution in [2.75, 3.05) is 6.61 Å². The second kappa shape index (κ2) is 8.04. The molecule has 0 amide bonds. The summed E-state index contributed by atoms with van der Waals surface area (Å²) in [6.07, 6.45) is -1.02. The zero-order valence-electron chi connectivity index (χ0n) is 15.7. The van der Waals surface area contributed by atoms with Crippen LogP contribution in [0.2, 0.25) is 0 Å². The predicted octanol–water partition coefficient (Wildman–Crippen LogP) is 4.14. The Morgan fingerprint density at radius 1 is 1.11 bits per heavy atom. The number of hydrogen-bond donors (Lipinski definition) is 1. The fourth-order valence-electron chi connectivity index (χ4n) is 2.60. The lowest BCUT2D eigenvalue weighted by Gasteiger charge is -2.12. The maximum absolute atomic E-state index is 12.8. The third-order valence-corrected chi connectivity index (χ3v) is 4.00. The summed E-state index contributed by atoms with van der Waals surface area (Å²) in [5.41, 5.74) is -0.0397.